The minimum absolute atomic E-state index is 0.105. The van der Waals surface area contributed by atoms with Gasteiger partial charge in [-0.25, -0.2) is 0 Å². The number of ether oxygens (including phenoxy) is 1. The molecule has 0 spiro atoms. The molecule has 0 unspecified atom stereocenters. The van der Waals surface area contributed by atoms with Gasteiger partial charge in [0.25, 0.3) is 0 Å². The number of hydrogen-bond donors (Lipinski definition) is 0. The Balaban J connectivity index is 2.06. The molecular weight excluding hydrogens is 222 g/mol. The normalized spacial score (nSPS) is 24.2. The first-order valence-corrected chi connectivity index (χ1v) is 5.85. The molecule has 2 nitrogen and oxygen atoms in total. The van der Waals surface area contributed by atoms with Gasteiger partial charge >= 0.3 is 0 Å². The maximum absolute atomic E-state index is 9.35. The summed E-state index contributed by atoms with van der Waals surface area (Å²) < 4.78 is 5.37. The van der Waals surface area contributed by atoms with E-state index in [4.69, 9.17) is 16.3 Å². The molecule has 1 saturated heterocycles. The zero-order chi connectivity index (χ0) is 11.2. The zero-order valence-electron chi connectivity index (χ0n) is 8.87. The second-order valence-electron chi connectivity index (χ2n) is 4.78. The predicted molar refractivity (Wildman–Crippen MR) is 61.2 cm³/mol. The Bertz CT molecular complexity index is 469. The fraction of sp³-hybridized carbons (Fsp3) is 0.462. The fourth-order valence-electron chi connectivity index (χ4n) is 2.63. The second-order valence-corrected chi connectivity index (χ2v) is 5.22. The molecule has 0 amide bonds. The van der Waals surface area contributed by atoms with Crippen LogP contribution in [0.25, 0.3) is 0 Å². The number of nitrogens with zero attached hydrogens (tertiary/aromatic N) is 1. The Morgan fingerprint density at radius 3 is 2.50 bits per heavy atom. The Hall–Kier alpha value is -1.04. The molecule has 0 bridgehead atoms. The van der Waals surface area contributed by atoms with Crippen molar-refractivity contribution in [3.05, 3.63) is 34.9 Å². The number of benzene rings is 1. The zero-order valence-corrected chi connectivity index (χ0v) is 9.63. The van der Waals surface area contributed by atoms with Crippen LogP contribution >= 0.6 is 11.6 Å². The number of halogens is 1. The molecular formula is C13H12ClNO. The van der Waals surface area contributed by atoms with Gasteiger partial charge < -0.3 is 4.74 Å². The van der Waals surface area contributed by atoms with Crippen LogP contribution in [0.1, 0.15) is 18.4 Å². The Labute approximate surface area is 99.8 Å². The largest absolute Gasteiger partial charge is 0.379 e. The summed E-state index contributed by atoms with van der Waals surface area (Å²) >= 11 is 6.02. The van der Waals surface area contributed by atoms with E-state index >= 15 is 0 Å². The van der Waals surface area contributed by atoms with Crippen LogP contribution in [-0.4, -0.2) is 13.2 Å². The van der Waals surface area contributed by atoms with Crippen molar-refractivity contribution in [3.63, 3.8) is 0 Å². The lowest BCUT2D eigenvalue weighted by atomic mass is 9.67. The van der Waals surface area contributed by atoms with Crippen molar-refractivity contribution in [2.24, 2.45) is 5.41 Å². The molecule has 1 aromatic carbocycles. The van der Waals surface area contributed by atoms with Crippen LogP contribution in [0.3, 0.4) is 0 Å². The predicted octanol–water partition coefficient (Wildman–Crippen LogP) is 2.91. The standard InChI is InChI=1S/C13H12ClNO/c14-11-3-1-2-10(6-11)13(8-16-9-13)12(7-15)4-5-12/h1-3,6H,4-5,8-9H2. The Morgan fingerprint density at radius 2 is 2.06 bits per heavy atom. The fourth-order valence-corrected chi connectivity index (χ4v) is 2.82. The number of rotatable bonds is 2. The average Bonchev–Trinajstić information content (AvgIpc) is 2.98. The third kappa shape index (κ3) is 1.16. The quantitative estimate of drug-likeness (QED) is 0.787. The molecule has 0 radical (unpaired) electrons. The first-order valence-electron chi connectivity index (χ1n) is 5.48. The maximum atomic E-state index is 9.35. The number of hydrogen-bond acceptors (Lipinski definition) is 2. The van der Waals surface area contributed by atoms with Gasteiger partial charge in [-0.05, 0) is 30.5 Å². The van der Waals surface area contributed by atoms with E-state index in [-0.39, 0.29) is 10.8 Å². The summed E-state index contributed by atoms with van der Waals surface area (Å²) in [5.74, 6) is 0. The van der Waals surface area contributed by atoms with E-state index in [1.165, 1.54) is 0 Å². The van der Waals surface area contributed by atoms with E-state index in [2.05, 4.69) is 12.1 Å². The molecule has 1 aromatic rings. The van der Waals surface area contributed by atoms with Crippen molar-refractivity contribution in [1.82, 2.24) is 0 Å². The van der Waals surface area contributed by atoms with Crippen molar-refractivity contribution < 1.29 is 4.74 Å². The smallest absolute Gasteiger partial charge is 0.0716 e. The highest BCUT2D eigenvalue weighted by Gasteiger charge is 2.64. The van der Waals surface area contributed by atoms with Crippen LogP contribution in [0.2, 0.25) is 5.02 Å². The van der Waals surface area contributed by atoms with Gasteiger partial charge in [-0.2, -0.15) is 5.26 Å². The van der Waals surface area contributed by atoms with Gasteiger partial charge in [0.05, 0.1) is 30.1 Å². The third-order valence-electron chi connectivity index (χ3n) is 3.95. The van der Waals surface area contributed by atoms with Crippen LogP contribution in [0.15, 0.2) is 24.3 Å². The highest BCUT2D eigenvalue weighted by Crippen LogP contribution is 2.62. The number of nitriles is 1. The molecule has 1 heterocycles. The van der Waals surface area contributed by atoms with Gasteiger partial charge in [-0.15, -0.1) is 0 Å². The van der Waals surface area contributed by atoms with Gasteiger partial charge in [0.1, 0.15) is 0 Å². The average molecular weight is 234 g/mol. The van der Waals surface area contributed by atoms with Crippen molar-refractivity contribution in [1.29, 1.82) is 5.26 Å². The summed E-state index contributed by atoms with van der Waals surface area (Å²) in [6.07, 6.45) is 1.97. The molecule has 0 atom stereocenters. The molecule has 3 rings (SSSR count). The molecule has 3 heteroatoms. The summed E-state index contributed by atoms with van der Waals surface area (Å²) in [6, 6.07) is 10.3. The van der Waals surface area contributed by atoms with Crippen molar-refractivity contribution in [2.75, 3.05) is 13.2 Å². The van der Waals surface area contributed by atoms with E-state index in [9.17, 15) is 5.26 Å². The summed E-state index contributed by atoms with van der Waals surface area (Å²) in [4.78, 5) is 0. The van der Waals surface area contributed by atoms with E-state index < -0.39 is 0 Å². The lowest BCUT2D eigenvalue weighted by Gasteiger charge is -2.45. The Morgan fingerprint density at radius 1 is 1.31 bits per heavy atom. The second kappa shape index (κ2) is 3.23. The van der Waals surface area contributed by atoms with E-state index in [0.29, 0.717) is 13.2 Å². The highest BCUT2D eigenvalue weighted by molar-refractivity contribution is 6.30. The van der Waals surface area contributed by atoms with Gasteiger partial charge in [-0.1, -0.05) is 23.7 Å². The molecule has 82 valence electrons. The first-order chi connectivity index (χ1) is 7.72. The first kappa shape index (κ1) is 10.1. The lowest BCUT2D eigenvalue weighted by molar-refractivity contribution is -0.0867. The lowest BCUT2D eigenvalue weighted by Crippen LogP contribution is -2.53. The minimum Gasteiger partial charge on any atom is -0.379 e. The van der Waals surface area contributed by atoms with Gasteiger partial charge in [0, 0.05) is 5.02 Å². The molecule has 2 fully saturated rings. The Kier molecular flexibility index (Phi) is 2.04. The molecule has 0 N–H and O–H groups in total. The van der Waals surface area contributed by atoms with Gasteiger partial charge in [-0.3, -0.25) is 0 Å². The summed E-state index contributed by atoms with van der Waals surface area (Å²) in [5, 5.41) is 10.1. The van der Waals surface area contributed by atoms with Gasteiger partial charge in [0.2, 0.25) is 0 Å². The monoisotopic (exact) mass is 233 g/mol. The SMILES string of the molecule is N#CC1(C2(c3cccc(Cl)c3)COC2)CC1. The summed E-state index contributed by atoms with van der Waals surface area (Å²) in [6.45, 7) is 1.31. The van der Waals surface area contributed by atoms with Crippen molar-refractivity contribution in [2.45, 2.75) is 18.3 Å². The van der Waals surface area contributed by atoms with E-state index in [1.807, 2.05) is 18.2 Å². The van der Waals surface area contributed by atoms with Crippen LogP contribution in [0.5, 0.6) is 0 Å². The van der Waals surface area contributed by atoms with E-state index in [1.54, 1.807) is 0 Å². The topological polar surface area (TPSA) is 33.0 Å². The molecule has 1 aliphatic carbocycles. The molecule has 16 heavy (non-hydrogen) atoms. The maximum Gasteiger partial charge on any atom is 0.0716 e. The van der Waals surface area contributed by atoms with Crippen LogP contribution in [0.4, 0.5) is 0 Å². The molecule has 1 saturated carbocycles. The van der Waals surface area contributed by atoms with Crippen LogP contribution in [-0.2, 0) is 10.2 Å². The third-order valence-corrected chi connectivity index (χ3v) is 4.19. The van der Waals surface area contributed by atoms with Crippen molar-refractivity contribution in [3.8, 4) is 6.07 Å². The minimum atomic E-state index is -0.198. The summed E-state index contributed by atoms with van der Waals surface area (Å²) in [5.41, 5.74) is 0.855. The van der Waals surface area contributed by atoms with Gasteiger partial charge in [0.15, 0.2) is 0 Å². The van der Waals surface area contributed by atoms with E-state index in [0.717, 1.165) is 23.4 Å². The van der Waals surface area contributed by atoms with Crippen LogP contribution in [0, 0.1) is 16.7 Å². The van der Waals surface area contributed by atoms with Crippen LogP contribution < -0.4 is 0 Å². The molecule has 0 aromatic heterocycles. The van der Waals surface area contributed by atoms with Crippen molar-refractivity contribution >= 4 is 11.6 Å². The molecule has 2 aliphatic rings. The highest BCUT2D eigenvalue weighted by atomic mass is 35.5. The molecule has 1 aliphatic heterocycles. The summed E-state index contributed by atoms with van der Waals surface area (Å²) in [7, 11) is 0.